The van der Waals surface area contributed by atoms with Gasteiger partial charge in [0.1, 0.15) is 5.76 Å². The van der Waals surface area contributed by atoms with Crippen molar-refractivity contribution in [1.82, 2.24) is 10.5 Å². The molecule has 0 spiro atoms. The van der Waals surface area contributed by atoms with Crippen molar-refractivity contribution in [2.24, 2.45) is 11.3 Å². The zero-order chi connectivity index (χ0) is 17.2. The van der Waals surface area contributed by atoms with Gasteiger partial charge in [-0.1, -0.05) is 56.3 Å². The highest BCUT2D eigenvalue weighted by Crippen LogP contribution is 2.38. The number of benzene rings is 1. The summed E-state index contributed by atoms with van der Waals surface area (Å²) in [4.78, 5) is 12.5. The quantitative estimate of drug-likeness (QED) is 0.930. The Morgan fingerprint density at radius 3 is 2.75 bits per heavy atom. The molecule has 24 heavy (non-hydrogen) atoms. The van der Waals surface area contributed by atoms with Crippen LogP contribution in [0.5, 0.6) is 0 Å². The first-order chi connectivity index (χ1) is 11.4. The van der Waals surface area contributed by atoms with Gasteiger partial charge in [-0.2, -0.15) is 0 Å². The van der Waals surface area contributed by atoms with Crippen LogP contribution in [0, 0.1) is 11.3 Å². The van der Waals surface area contributed by atoms with Crippen LogP contribution >= 0.6 is 0 Å². The van der Waals surface area contributed by atoms with Gasteiger partial charge in [-0.15, -0.1) is 0 Å². The Morgan fingerprint density at radius 2 is 2.04 bits per heavy atom. The Hall–Kier alpha value is -2.10. The number of fused-ring (bicyclic) bond motifs is 1. The van der Waals surface area contributed by atoms with E-state index in [0.29, 0.717) is 18.2 Å². The number of rotatable bonds is 4. The molecule has 1 N–H and O–H groups in total. The molecule has 1 aliphatic carbocycles. The second-order valence-corrected chi connectivity index (χ2v) is 7.73. The fourth-order valence-corrected chi connectivity index (χ4v) is 3.37. The number of hydrogen-bond donors (Lipinski definition) is 1. The average Bonchev–Trinajstić information content (AvgIpc) is 2.98. The Labute approximate surface area is 143 Å². The van der Waals surface area contributed by atoms with E-state index in [4.69, 9.17) is 4.52 Å². The number of hydrogen-bond acceptors (Lipinski definition) is 3. The fourth-order valence-electron chi connectivity index (χ4n) is 3.37. The molecule has 0 fully saturated rings. The first kappa shape index (κ1) is 16.7. The van der Waals surface area contributed by atoms with Gasteiger partial charge >= 0.3 is 0 Å². The summed E-state index contributed by atoms with van der Waals surface area (Å²) in [6.45, 7) is 7.38. The number of carbonyl (C=O) groups is 1. The summed E-state index contributed by atoms with van der Waals surface area (Å²) in [6.07, 6.45) is 3.67. The van der Waals surface area contributed by atoms with E-state index >= 15 is 0 Å². The first-order valence-electron chi connectivity index (χ1n) is 8.74. The van der Waals surface area contributed by atoms with E-state index in [1.165, 1.54) is 5.56 Å². The van der Waals surface area contributed by atoms with Gasteiger partial charge in [0, 0.05) is 18.5 Å². The summed E-state index contributed by atoms with van der Waals surface area (Å²) in [5, 5.41) is 7.03. The van der Waals surface area contributed by atoms with E-state index in [1.54, 1.807) is 0 Å². The topological polar surface area (TPSA) is 55.1 Å². The molecule has 4 nitrogen and oxygen atoms in total. The standard InChI is InChI=1S/C20H26N2O2/c1-20(2,3)15-9-10-17-16(13-15)18(22-24-17)19(23)21-12-11-14-7-5-4-6-8-14/h4-8,15H,9-13H2,1-3H3,(H,21,23)/t15-/m1/s1. The SMILES string of the molecule is CC(C)(C)[C@@H]1CCc2onc(C(=O)NCCc3ccccc3)c2C1. The van der Waals surface area contributed by atoms with Gasteiger partial charge in [0.2, 0.25) is 0 Å². The lowest BCUT2D eigenvalue weighted by atomic mass is 9.71. The van der Waals surface area contributed by atoms with E-state index in [9.17, 15) is 4.79 Å². The molecule has 1 heterocycles. The van der Waals surface area contributed by atoms with E-state index in [-0.39, 0.29) is 11.3 Å². The molecule has 1 aromatic carbocycles. The number of nitrogens with one attached hydrogen (secondary N) is 1. The number of carbonyl (C=O) groups excluding carboxylic acids is 1. The van der Waals surface area contributed by atoms with Gasteiger partial charge < -0.3 is 9.84 Å². The lowest BCUT2D eigenvalue weighted by Crippen LogP contribution is -2.30. The molecule has 128 valence electrons. The molecular weight excluding hydrogens is 300 g/mol. The van der Waals surface area contributed by atoms with Crippen LogP contribution in [0.25, 0.3) is 0 Å². The molecule has 1 atom stereocenters. The van der Waals surface area contributed by atoms with Gasteiger partial charge in [0.15, 0.2) is 5.69 Å². The third-order valence-corrected chi connectivity index (χ3v) is 5.02. The molecule has 1 aliphatic rings. The van der Waals surface area contributed by atoms with Crippen LogP contribution in [0.2, 0.25) is 0 Å². The largest absolute Gasteiger partial charge is 0.360 e. The molecule has 0 saturated heterocycles. The second-order valence-electron chi connectivity index (χ2n) is 7.73. The van der Waals surface area contributed by atoms with Crippen LogP contribution in [0.4, 0.5) is 0 Å². The summed E-state index contributed by atoms with van der Waals surface area (Å²) in [5.41, 5.74) is 2.94. The summed E-state index contributed by atoms with van der Waals surface area (Å²) >= 11 is 0. The van der Waals surface area contributed by atoms with Gasteiger partial charge in [0.25, 0.3) is 5.91 Å². The summed E-state index contributed by atoms with van der Waals surface area (Å²) in [7, 11) is 0. The molecule has 0 aliphatic heterocycles. The van der Waals surface area contributed by atoms with Crippen LogP contribution in [-0.2, 0) is 19.3 Å². The fraction of sp³-hybridized carbons (Fsp3) is 0.500. The molecule has 0 saturated carbocycles. The molecular formula is C20H26N2O2. The lowest BCUT2D eigenvalue weighted by molar-refractivity contribution is 0.0943. The molecule has 0 bridgehead atoms. The highest BCUT2D eigenvalue weighted by atomic mass is 16.5. The van der Waals surface area contributed by atoms with Crippen molar-refractivity contribution >= 4 is 5.91 Å². The van der Waals surface area contributed by atoms with Gasteiger partial charge in [-0.25, -0.2) is 0 Å². The minimum atomic E-state index is -0.120. The Morgan fingerprint density at radius 1 is 1.29 bits per heavy atom. The molecule has 1 aromatic heterocycles. The van der Waals surface area contributed by atoms with Crippen LogP contribution in [0.1, 0.15) is 54.6 Å². The molecule has 2 aromatic rings. The van der Waals surface area contributed by atoms with Crippen molar-refractivity contribution in [2.45, 2.75) is 46.5 Å². The van der Waals surface area contributed by atoms with Crippen molar-refractivity contribution in [1.29, 1.82) is 0 Å². The van der Waals surface area contributed by atoms with E-state index in [2.05, 4.69) is 43.4 Å². The first-order valence-corrected chi connectivity index (χ1v) is 8.74. The minimum absolute atomic E-state index is 0.120. The van der Waals surface area contributed by atoms with Gasteiger partial charge in [0.05, 0.1) is 0 Å². The van der Waals surface area contributed by atoms with Crippen molar-refractivity contribution in [3.63, 3.8) is 0 Å². The zero-order valence-corrected chi connectivity index (χ0v) is 14.8. The number of nitrogens with zero attached hydrogens (tertiary/aromatic N) is 1. The van der Waals surface area contributed by atoms with Crippen LogP contribution in [0.15, 0.2) is 34.9 Å². The van der Waals surface area contributed by atoms with E-state index in [0.717, 1.165) is 37.0 Å². The molecule has 1 amide bonds. The number of amides is 1. The maximum atomic E-state index is 12.5. The lowest BCUT2D eigenvalue weighted by Gasteiger charge is -2.33. The van der Waals surface area contributed by atoms with Crippen LogP contribution in [-0.4, -0.2) is 17.6 Å². The maximum Gasteiger partial charge on any atom is 0.273 e. The second kappa shape index (κ2) is 6.80. The Balaban J connectivity index is 1.63. The molecule has 3 rings (SSSR count). The molecule has 0 unspecified atom stereocenters. The molecule has 0 radical (unpaired) electrons. The third kappa shape index (κ3) is 3.69. The van der Waals surface area contributed by atoms with E-state index < -0.39 is 0 Å². The maximum absolute atomic E-state index is 12.5. The smallest absolute Gasteiger partial charge is 0.273 e. The number of aromatic nitrogens is 1. The predicted octanol–water partition coefficient (Wildman–Crippen LogP) is 3.80. The highest BCUT2D eigenvalue weighted by Gasteiger charge is 2.33. The van der Waals surface area contributed by atoms with Crippen LogP contribution in [0.3, 0.4) is 0 Å². The zero-order valence-electron chi connectivity index (χ0n) is 14.8. The minimum Gasteiger partial charge on any atom is -0.360 e. The van der Waals surface area contributed by atoms with Crippen molar-refractivity contribution in [3.8, 4) is 0 Å². The Bertz CT molecular complexity index is 698. The molecule has 4 heteroatoms. The van der Waals surface area contributed by atoms with Crippen molar-refractivity contribution < 1.29 is 9.32 Å². The third-order valence-electron chi connectivity index (χ3n) is 5.02. The average molecular weight is 326 g/mol. The van der Waals surface area contributed by atoms with Crippen molar-refractivity contribution in [2.75, 3.05) is 6.54 Å². The Kier molecular flexibility index (Phi) is 4.74. The summed E-state index contributed by atoms with van der Waals surface area (Å²) in [5.74, 6) is 1.33. The van der Waals surface area contributed by atoms with E-state index in [1.807, 2.05) is 18.2 Å². The van der Waals surface area contributed by atoms with Crippen LogP contribution < -0.4 is 5.32 Å². The summed E-state index contributed by atoms with van der Waals surface area (Å²) < 4.78 is 5.42. The predicted molar refractivity (Wildman–Crippen MR) is 94.0 cm³/mol. The highest BCUT2D eigenvalue weighted by molar-refractivity contribution is 5.93. The summed E-state index contributed by atoms with van der Waals surface area (Å²) in [6, 6.07) is 10.2. The van der Waals surface area contributed by atoms with Gasteiger partial charge in [-0.3, -0.25) is 4.79 Å². The van der Waals surface area contributed by atoms with Gasteiger partial charge in [-0.05, 0) is 36.2 Å². The number of aryl methyl sites for hydroxylation is 1. The normalized spacial score (nSPS) is 17.4. The monoisotopic (exact) mass is 326 g/mol. The van der Waals surface area contributed by atoms with Crippen molar-refractivity contribution in [3.05, 3.63) is 52.9 Å².